The second-order valence-electron chi connectivity index (χ2n) is 7.10. The molecule has 1 N–H and O–H groups in total. The molecule has 29 heavy (non-hydrogen) atoms. The molecule has 9 heteroatoms. The summed E-state index contributed by atoms with van der Waals surface area (Å²) in [5.74, 6) is 1.54. The molecule has 1 aromatic carbocycles. The number of hydrogen-bond acceptors (Lipinski definition) is 5. The van der Waals surface area contributed by atoms with Gasteiger partial charge in [0.25, 0.3) is 0 Å². The third-order valence-corrected chi connectivity index (χ3v) is 5.68. The van der Waals surface area contributed by atoms with Gasteiger partial charge in [-0.05, 0) is 30.2 Å². The van der Waals surface area contributed by atoms with Gasteiger partial charge in [0.15, 0.2) is 11.5 Å². The molecule has 1 aliphatic rings. The summed E-state index contributed by atoms with van der Waals surface area (Å²) in [5.41, 5.74) is 1.77. The van der Waals surface area contributed by atoms with Gasteiger partial charge in [0.05, 0.1) is 30.1 Å². The molecule has 8 nitrogen and oxygen atoms in total. The van der Waals surface area contributed by atoms with Crippen molar-refractivity contribution in [3.63, 3.8) is 0 Å². The minimum atomic E-state index is -0.925. The highest BCUT2D eigenvalue weighted by molar-refractivity contribution is 6.36. The molecule has 0 saturated carbocycles. The van der Waals surface area contributed by atoms with Gasteiger partial charge in [0.2, 0.25) is 0 Å². The minimum Gasteiger partial charge on any atom is -0.497 e. The van der Waals surface area contributed by atoms with Crippen LogP contribution in [0.25, 0.3) is 11.0 Å². The molecule has 1 unspecified atom stereocenters. The second kappa shape index (κ2) is 7.79. The van der Waals surface area contributed by atoms with E-state index in [-0.39, 0.29) is 6.04 Å². The molecule has 1 amide bonds. The minimum absolute atomic E-state index is 0.0789. The first-order chi connectivity index (χ1) is 14.0. The number of anilines is 1. The van der Waals surface area contributed by atoms with E-state index in [2.05, 4.69) is 9.88 Å². The second-order valence-corrected chi connectivity index (χ2v) is 7.51. The summed E-state index contributed by atoms with van der Waals surface area (Å²) in [6.07, 6.45) is 1.49. The van der Waals surface area contributed by atoms with Crippen molar-refractivity contribution in [1.82, 2.24) is 19.7 Å². The fourth-order valence-electron chi connectivity index (χ4n) is 3.68. The van der Waals surface area contributed by atoms with E-state index < -0.39 is 6.09 Å². The molecule has 1 fully saturated rings. The van der Waals surface area contributed by atoms with Crippen LogP contribution < -0.4 is 9.64 Å². The van der Waals surface area contributed by atoms with Crippen LogP contribution in [0.1, 0.15) is 12.0 Å². The molecular formula is C20H22ClN5O3. The molecule has 3 heterocycles. The quantitative estimate of drug-likeness (QED) is 0.688. The van der Waals surface area contributed by atoms with E-state index in [1.807, 2.05) is 28.9 Å². The summed E-state index contributed by atoms with van der Waals surface area (Å²) in [5, 5.41) is 15.5. The number of benzene rings is 1. The Labute approximate surface area is 173 Å². The SMILES string of the molecule is COc1ccc(Cn2nc(N3CCC(N(C)C(=O)O)C3)c3c(Cl)ccnc32)cc1. The lowest BCUT2D eigenvalue weighted by atomic mass is 10.2. The van der Waals surface area contributed by atoms with Gasteiger partial charge < -0.3 is 19.6 Å². The van der Waals surface area contributed by atoms with Crippen LogP contribution in [-0.4, -0.2) is 64.2 Å². The van der Waals surface area contributed by atoms with Crippen molar-refractivity contribution >= 4 is 34.5 Å². The first kappa shape index (κ1) is 19.3. The Morgan fingerprint density at radius 3 is 2.79 bits per heavy atom. The van der Waals surface area contributed by atoms with Crippen LogP contribution in [0.4, 0.5) is 10.6 Å². The van der Waals surface area contributed by atoms with Gasteiger partial charge in [-0.1, -0.05) is 23.7 Å². The van der Waals surface area contributed by atoms with Crippen molar-refractivity contribution in [1.29, 1.82) is 0 Å². The van der Waals surface area contributed by atoms with Gasteiger partial charge in [-0.2, -0.15) is 5.10 Å². The largest absolute Gasteiger partial charge is 0.497 e. The maximum absolute atomic E-state index is 11.3. The van der Waals surface area contributed by atoms with Crippen LogP contribution in [0, 0.1) is 0 Å². The molecule has 0 spiro atoms. The Hall–Kier alpha value is -3.00. The Bertz CT molecular complexity index is 1040. The van der Waals surface area contributed by atoms with Gasteiger partial charge in [0.1, 0.15) is 5.75 Å². The predicted octanol–water partition coefficient (Wildman–Crippen LogP) is 3.33. The van der Waals surface area contributed by atoms with Gasteiger partial charge in [-0.25, -0.2) is 14.5 Å². The number of fused-ring (bicyclic) bond motifs is 1. The maximum Gasteiger partial charge on any atom is 0.407 e. The van der Waals surface area contributed by atoms with Crippen molar-refractivity contribution in [3.05, 3.63) is 47.1 Å². The zero-order valence-electron chi connectivity index (χ0n) is 16.2. The molecule has 0 aliphatic carbocycles. The van der Waals surface area contributed by atoms with Gasteiger partial charge in [-0.3, -0.25) is 0 Å². The monoisotopic (exact) mass is 415 g/mol. The number of methoxy groups -OCH3 is 1. The number of aromatic nitrogens is 3. The number of nitrogens with zero attached hydrogens (tertiary/aromatic N) is 5. The number of amides is 1. The average molecular weight is 416 g/mol. The molecule has 1 saturated heterocycles. The van der Waals surface area contributed by atoms with Crippen LogP contribution in [0.3, 0.4) is 0 Å². The standard InChI is InChI=1S/C20H22ClN5O3/c1-24(20(27)28)14-8-10-25(12-14)19-17-16(21)7-9-22-18(17)26(23-19)11-13-3-5-15(29-2)6-4-13/h3-7,9,14H,8,10-12H2,1-2H3,(H,27,28). The van der Waals surface area contributed by atoms with E-state index in [0.717, 1.165) is 28.9 Å². The topological polar surface area (TPSA) is 83.7 Å². The summed E-state index contributed by atoms with van der Waals surface area (Å²) < 4.78 is 7.06. The Balaban J connectivity index is 1.67. The molecular weight excluding hydrogens is 394 g/mol. The average Bonchev–Trinajstić information content (AvgIpc) is 3.34. The third kappa shape index (κ3) is 3.67. The van der Waals surface area contributed by atoms with Crippen LogP contribution in [0.2, 0.25) is 5.02 Å². The lowest BCUT2D eigenvalue weighted by Gasteiger charge is -2.22. The zero-order chi connectivity index (χ0) is 20.5. The molecule has 0 bridgehead atoms. The number of pyridine rings is 1. The molecule has 1 atom stereocenters. The number of halogens is 1. The number of carboxylic acid groups (broad SMARTS) is 1. The van der Waals surface area contributed by atoms with Gasteiger partial charge in [-0.15, -0.1) is 0 Å². The Kier molecular flexibility index (Phi) is 5.19. The Morgan fingerprint density at radius 2 is 2.10 bits per heavy atom. The van der Waals surface area contributed by atoms with E-state index in [9.17, 15) is 9.90 Å². The molecule has 4 rings (SSSR count). The molecule has 2 aromatic heterocycles. The number of likely N-dealkylation sites (N-methyl/N-ethyl adjacent to an activating group) is 1. The number of rotatable bonds is 5. The van der Waals surface area contributed by atoms with E-state index in [1.54, 1.807) is 26.4 Å². The fraction of sp³-hybridized carbons (Fsp3) is 0.350. The summed E-state index contributed by atoms with van der Waals surface area (Å²) in [4.78, 5) is 19.2. The first-order valence-corrected chi connectivity index (χ1v) is 9.70. The predicted molar refractivity (Wildman–Crippen MR) is 111 cm³/mol. The third-order valence-electron chi connectivity index (χ3n) is 5.37. The lowest BCUT2D eigenvalue weighted by molar-refractivity contribution is 0.142. The first-order valence-electron chi connectivity index (χ1n) is 9.32. The highest BCUT2D eigenvalue weighted by Crippen LogP contribution is 2.34. The van der Waals surface area contributed by atoms with Gasteiger partial charge in [0, 0.05) is 26.3 Å². The van der Waals surface area contributed by atoms with E-state index in [1.165, 1.54) is 4.90 Å². The van der Waals surface area contributed by atoms with Crippen LogP contribution in [-0.2, 0) is 6.54 Å². The number of carbonyl (C=O) groups is 1. The van der Waals surface area contributed by atoms with Crippen molar-refractivity contribution in [3.8, 4) is 5.75 Å². The maximum atomic E-state index is 11.3. The van der Waals surface area contributed by atoms with Crippen LogP contribution in [0.5, 0.6) is 5.75 Å². The summed E-state index contributed by atoms with van der Waals surface area (Å²) in [6.45, 7) is 1.82. The number of ether oxygens (including phenoxy) is 1. The summed E-state index contributed by atoms with van der Waals surface area (Å²) in [6, 6.07) is 9.48. The summed E-state index contributed by atoms with van der Waals surface area (Å²) >= 11 is 6.50. The zero-order valence-corrected chi connectivity index (χ0v) is 17.0. The molecule has 1 aliphatic heterocycles. The van der Waals surface area contributed by atoms with Crippen LogP contribution >= 0.6 is 11.6 Å². The normalized spacial score (nSPS) is 16.4. The molecule has 3 aromatic rings. The van der Waals surface area contributed by atoms with E-state index >= 15 is 0 Å². The lowest BCUT2D eigenvalue weighted by Crippen LogP contribution is -2.38. The smallest absolute Gasteiger partial charge is 0.407 e. The van der Waals surface area contributed by atoms with Crippen molar-refractivity contribution in [2.45, 2.75) is 19.0 Å². The highest BCUT2D eigenvalue weighted by atomic mass is 35.5. The van der Waals surface area contributed by atoms with E-state index in [0.29, 0.717) is 30.3 Å². The fourth-order valence-corrected chi connectivity index (χ4v) is 3.91. The van der Waals surface area contributed by atoms with Crippen molar-refractivity contribution in [2.24, 2.45) is 0 Å². The van der Waals surface area contributed by atoms with Crippen molar-refractivity contribution in [2.75, 3.05) is 32.1 Å². The summed E-state index contributed by atoms with van der Waals surface area (Å²) in [7, 11) is 3.24. The molecule has 0 radical (unpaired) electrons. The van der Waals surface area contributed by atoms with E-state index in [4.69, 9.17) is 21.4 Å². The number of hydrogen-bond donors (Lipinski definition) is 1. The highest BCUT2D eigenvalue weighted by Gasteiger charge is 2.31. The van der Waals surface area contributed by atoms with Gasteiger partial charge >= 0.3 is 6.09 Å². The van der Waals surface area contributed by atoms with Crippen LogP contribution in [0.15, 0.2) is 36.5 Å². The van der Waals surface area contributed by atoms with Crippen molar-refractivity contribution < 1.29 is 14.6 Å². The Morgan fingerprint density at radius 1 is 1.34 bits per heavy atom. The molecule has 152 valence electrons.